The predicted octanol–water partition coefficient (Wildman–Crippen LogP) is -0.813. The zero-order chi connectivity index (χ0) is 12.1. The minimum absolute atomic E-state index is 0.156. The topological polar surface area (TPSA) is 102 Å². The minimum Gasteiger partial charge on any atom is -0.481 e. The Morgan fingerprint density at radius 2 is 2.25 bits per heavy atom. The first-order valence-electron chi connectivity index (χ1n) is 5.35. The van der Waals surface area contributed by atoms with E-state index in [0.717, 1.165) is 0 Å². The molecule has 0 saturated carbocycles. The van der Waals surface area contributed by atoms with Crippen molar-refractivity contribution in [1.82, 2.24) is 5.32 Å². The number of aliphatic carboxylic acids is 1. The van der Waals surface area contributed by atoms with Crippen LogP contribution in [0.5, 0.6) is 0 Å². The molecule has 92 valence electrons. The Balaban J connectivity index is 2.32. The molecule has 0 aromatic carbocycles. The van der Waals surface area contributed by atoms with E-state index in [4.69, 9.17) is 15.6 Å². The first-order valence-corrected chi connectivity index (χ1v) is 5.35. The fourth-order valence-corrected chi connectivity index (χ4v) is 1.58. The zero-order valence-corrected chi connectivity index (χ0v) is 9.31. The number of carboxylic acids is 1. The van der Waals surface area contributed by atoms with Gasteiger partial charge in [0.25, 0.3) is 0 Å². The van der Waals surface area contributed by atoms with Gasteiger partial charge in [-0.25, -0.2) is 0 Å². The van der Waals surface area contributed by atoms with Crippen molar-refractivity contribution in [2.45, 2.75) is 19.4 Å². The Labute approximate surface area is 94.1 Å². The molecule has 3 atom stereocenters. The highest BCUT2D eigenvalue weighted by molar-refractivity contribution is 5.76. The Bertz CT molecular complexity index is 270. The van der Waals surface area contributed by atoms with E-state index in [-0.39, 0.29) is 18.6 Å². The van der Waals surface area contributed by atoms with Crippen LogP contribution in [0.2, 0.25) is 0 Å². The van der Waals surface area contributed by atoms with Crippen LogP contribution in [0.1, 0.15) is 13.3 Å². The molecule has 0 radical (unpaired) electrons. The van der Waals surface area contributed by atoms with Gasteiger partial charge in [0.2, 0.25) is 5.91 Å². The van der Waals surface area contributed by atoms with Crippen LogP contribution in [0.15, 0.2) is 0 Å². The summed E-state index contributed by atoms with van der Waals surface area (Å²) >= 11 is 0. The molecule has 1 aliphatic heterocycles. The fraction of sp³-hybridized carbons (Fsp3) is 0.800. The molecule has 3 unspecified atom stereocenters. The van der Waals surface area contributed by atoms with Crippen molar-refractivity contribution in [1.29, 1.82) is 0 Å². The Hall–Kier alpha value is -1.14. The number of hydrogen-bond donors (Lipinski definition) is 3. The number of ether oxygens (including phenoxy) is 1. The second-order valence-electron chi connectivity index (χ2n) is 4.19. The summed E-state index contributed by atoms with van der Waals surface area (Å²) in [6, 6.07) is 0. The molecule has 6 heteroatoms. The third kappa shape index (κ3) is 3.79. The summed E-state index contributed by atoms with van der Waals surface area (Å²) in [7, 11) is 0. The molecular weight excluding hydrogens is 212 g/mol. The monoisotopic (exact) mass is 230 g/mol. The van der Waals surface area contributed by atoms with Crippen LogP contribution in [-0.4, -0.2) is 42.8 Å². The third-order valence-electron chi connectivity index (χ3n) is 2.73. The summed E-state index contributed by atoms with van der Waals surface area (Å²) in [5.74, 6) is -1.98. The van der Waals surface area contributed by atoms with Gasteiger partial charge in [-0.3, -0.25) is 9.59 Å². The Morgan fingerprint density at radius 1 is 1.56 bits per heavy atom. The molecule has 1 fully saturated rings. The van der Waals surface area contributed by atoms with Gasteiger partial charge in [0, 0.05) is 13.1 Å². The summed E-state index contributed by atoms with van der Waals surface area (Å²) in [4.78, 5) is 21.6. The lowest BCUT2D eigenvalue weighted by atomic mass is 9.97. The van der Waals surface area contributed by atoms with E-state index in [2.05, 4.69) is 5.32 Å². The molecule has 4 N–H and O–H groups in total. The van der Waals surface area contributed by atoms with Gasteiger partial charge in [0.05, 0.1) is 24.5 Å². The van der Waals surface area contributed by atoms with Crippen molar-refractivity contribution in [2.24, 2.45) is 17.6 Å². The van der Waals surface area contributed by atoms with Gasteiger partial charge in [-0.1, -0.05) is 6.92 Å². The number of carboxylic acid groups (broad SMARTS) is 1. The second kappa shape index (κ2) is 5.81. The normalized spacial score (nSPS) is 27.3. The summed E-state index contributed by atoms with van der Waals surface area (Å²) in [6.45, 7) is 3.02. The SMILES string of the molecule is CC(COC1CNCC(C(=O)O)C1)C(N)=O. The molecule has 0 bridgehead atoms. The molecule has 1 aliphatic rings. The maximum atomic E-state index is 10.8. The summed E-state index contributed by atoms with van der Waals surface area (Å²) in [5, 5.41) is 11.8. The number of carbonyl (C=O) groups excluding carboxylic acids is 1. The fourth-order valence-electron chi connectivity index (χ4n) is 1.58. The van der Waals surface area contributed by atoms with Gasteiger partial charge in [-0.05, 0) is 6.42 Å². The quantitative estimate of drug-likeness (QED) is 0.573. The van der Waals surface area contributed by atoms with Crippen LogP contribution < -0.4 is 11.1 Å². The molecule has 0 aromatic rings. The zero-order valence-electron chi connectivity index (χ0n) is 9.31. The van der Waals surface area contributed by atoms with Crippen LogP contribution in [0.25, 0.3) is 0 Å². The van der Waals surface area contributed by atoms with Crippen molar-refractivity contribution in [2.75, 3.05) is 19.7 Å². The van der Waals surface area contributed by atoms with Gasteiger partial charge >= 0.3 is 5.97 Å². The average molecular weight is 230 g/mol. The third-order valence-corrected chi connectivity index (χ3v) is 2.73. The predicted molar refractivity (Wildman–Crippen MR) is 56.7 cm³/mol. The number of piperidine rings is 1. The lowest BCUT2D eigenvalue weighted by Gasteiger charge is -2.28. The maximum absolute atomic E-state index is 10.8. The molecular formula is C10H18N2O4. The van der Waals surface area contributed by atoms with Crippen LogP contribution in [0.3, 0.4) is 0 Å². The van der Waals surface area contributed by atoms with E-state index in [1.165, 1.54) is 0 Å². The van der Waals surface area contributed by atoms with Gasteiger partial charge in [0.15, 0.2) is 0 Å². The van der Waals surface area contributed by atoms with Crippen molar-refractivity contribution in [3.8, 4) is 0 Å². The Kier molecular flexibility index (Phi) is 4.70. The van der Waals surface area contributed by atoms with Gasteiger partial charge in [-0.15, -0.1) is 0 Å². The molecule has 0 aromatic heterocycles. The number of primary amides is 1. The lowest BCUT2D eigenvalue weighted by Crippen LogP contribution is -2.44. The van der Waals surface area contributed by atoms with E-state index in [9.17, 15) is 9.59 Å². The molecule has 16 heavy (non-hydrogen) atoms. The van der Waals surface area contributed by atoms with Crippen molar-refractivity contribution >= 4 is 11.9 Å². The van der Waals surface area contributed by atoms with Crippen molar-refractivity contribution in [3.05, 3.63) is 0 Å². The molecule has 1 saturated heterocycles. The molecule has 1 rings (SSSR count). The van der Waals surface area contributed by atoms with E-state index in [1.54, 1.807) is 6.92 Å². The minimum atomic E-state index is -0.816. The summed E-state index contributed by atoms with van der Waals surface area (Å²) in [6.07, 6.45) is 0.324. The number of carbonyl (C=O) groups is 2. The van der Waals surface area contributed by atoms with E-state index >= 15 is 0 Å². The van der Waals surface area contributed by atoms with Crippen LogP contribution >= 0.6 is 0 Å². The standard InChI is InChI=1S/C10H18N2O4/c1-6(9(11)13)5-16-8-2-7(10(14)15)3-12-4-8/h6-8,12H,2-5H2,1H3,(H2,11,13)(H,14,15). The van der Waals surface area contributed by atoms with Gasteiger partial charge in [0.1, 0.15) is 0 Å². The Morgan fingerprint density at radius 3 is 2.81 bits per heavy atom. The van der Waals surface area contributed by atoms with Crippen LogP contribution in [0, 0.1) is 11.8 Å². The molecule has 1 heterocycles. The molecule has 1 amide bonds. The van der Waals surface area contributed by atoms with E-state index in [0.29, 0.717) is 19.5 Å². The molecule has 6 nitrogen and oxygen atoms in total. The van der Waals surface area contributed by atoms with Crippen molar-refractivity contribution in [3.63, 3.8) is 0 Å². The van der Waals surface area contributed by atoms with Gasteiger partial charge in [-0.2, -0.15) is 0 Å². The summed E-state index contributed by atoms with van der Waals surface area (Å²) in [5.41, 5.74) is 5.10. The largest absolute Gasteiger partial charge is 0.481 e. The number of hydrogen-bond acceptors (Lipinski definition) is 4. The highest BCUT2D eigenvalue weighted by Crippen LogP contribution is 2.14. The van der Waals surface area contributed by atoms with Gasteiger partial charge < -0.3 is 20.9 Å². The average Bonchev–Trinajstić information content (AvgIpc) is 2.26. The maximum Gasteiger partial charge on any atom is 0.307 e. The smallest absolute Gasteiger partial charge is 0.307 e. The number of rotatable bonds is 5. The molecule has 0 aliphatic carbocycles. The number of nitrogens with one attached hydrogen (secondary N) is 1. The lowest BCUT2D eigenvalue weighted by molar-refractivity contribution is -0.144. The highest BCUT2D eigenvalue weighted by atomic mass is 16.5. The number of nitrogens with two attached hydrogens (primary N) is 1. The second-order valence-corrected chi connectivity index (χ2v) is 4.19. The van der Waals surface area contributed by atoms with E-state index in [1.807, 2.05) is 0 Å². The van der Waals surface area contributed by atoms with Crippen molar-refractivity contribution < 1.29 is 19.4 Å². The highest BCUT2D eigenvalue weighted by Gasteiger charge is 2.27. The molecule has 0 spiro atoms. The van der Waals surface area contributed by atoms with Crippen LogP contribution in [0.4, 0.5) is 0 Å². The first kappa shape index (κ1) is 12.9. The van der Waals surface area contributed by atoms with Crippen LogP contribution in [-0.2, 0) is 14.3 Å². The summed E-state index contributed by atoms with van der Waals surface area (Å²) < 4.78 is 5.46. The number of amides is 1. The van der Waals surface area contributed by atoms with E-state index < -0.39 is 17.8 Å². The first-order chi connectivity index (χ1) is 7.50.